The van der Waals surface area contributed by atoms with Crippen LogP contribution in [0.25, 0.3) is 0 Å². The van der Waals surface area contributed by atoms with Gasteiger partial charge in [-0.15, -0.1) is 0 Å². The first kappa shape index (κ1) is 17.9. The van der Waals surface area contributed by atoms with Crippen molar-refractivity contribution < 1.29 is 28.6 Å². The molecule has 2 heterocycles. The largest absolute Gasteiger partial charge is 0.466 e. The number of hydrogen-bond acceptors (Lipinski definition) is 7. The number of rotatable bonds is 3. The lowest BCUT2D eigenvalue weighted by molar-refractivity contribution is -0.140. The van der Waals surface area contributed by atoms with Crippen LogP contribution in [0.4, 0.5) is 11.4 Å². The maximum atomic E-state index is 12.4. The van der Waals surface area contributed by atoms with Crippen LogP contribution in [0.5, 0.6) is 0 Å². The Bertz CT molecular complexity index is 814. The van der Waals surface area contributed by atoms with Gasteiger partial charge in [-0.1, -0.05) is 6.07 Å². The molecule has 0 spiro atoms. The van der Waals surface area contributed by atoms with Gasteiger partial charge in [0.25, 0.3) is 0 Å². The SMILES string of the molecule is COC(=O)C1=C(C(=O)OC)N(c2cc(C)cc3c2NC(=O)CC3)COC1. The summed E-state index contributed by atoms with van der Waals surface area (Å²) < 4.78 is 15.1. The number of anilines is 2. The third-order valence-corrected chi connectivity index (χ3v) is 4.35. The summed E-state index contributed by atoms with van der Waals surface area (Å²) in [7, 11) is 2.48. The number of methoxy groups -OCH3 is 2. The van der Waals surface area contributed by atoms with Crippen LogP contribution in [-0.4, -0.2) is 45.4 Å². The second-order valence-electron chi connectivity index (χ2n) is 6.08. The first-order valence-corrected chi connectivity index (χ1v) is 8.14. The second kappa shape index (κ2) is 7.17. The summed E-state index contributed by atoms with van der Waals surface area (Å²) in [6.07, 6.45) is 1.01. The Kier molecular flexibility index (Phi) is 4.94. The van der Waals surface area contributed by atoms with Gasteiger partial charge in [-0.05, 0) is 30.5 Å². The normalized spacial score (nSPS) is 16.7. The Labute approximate surface area is 150 Å². The van der Waals surface area contributed by atoms with Crippen LogP contribution in [0.15, 0.2) is 23.4 Å². The molecule has 1 aromatic rings. The second-order valence-corrected chi connectivity index (χ2v) is 6.08. The lowest BCUT2D eigenvalue weighted by Crippen LogP contribution is -2.39. The number of hydrogen-bond donors (Lipinski definition) is 1. The van der Waals surface area contributed by atoms with Crippen molar-refractivity contribution in [1.82, 2.24) is 0 Å². The van der Waals surface area contributed by atoms with E-state index >= 15 is 0 Å². The third-order valence-electron chi connectivity index (χ3n) is 4.35. The van der Waals surface area contributed by atoms with Crippen LogP contribution >= 0.6 is 0 Å². The topological polar surface area (TPSA) is 94.2 Å². The molecule has 1 aromatic carbocycles. The molecule has 0 radical (unpaired) electrons. The molecule has 26 heavy (non-hydrogen) atoms. The monoisotopic (exact) mass is 360 g/mol. The van der Waals surface area contributed by atoms with Crippen molar-refractivity contribution in [1.29, 1.82) is 0 Å². The minimum Gasteiger partial charge on any atom is -0.466 e. The molecule has 1 N–H and O–H groups in total. The molecule has 3 rings (SSSR count). The van der Waals surface area contributed by atoms with Gasteiger partial charge in [-0.2, -0.15) is 0 Å². The van der Waals surface area contributed by atoms with Crippen LogP contribution in [-0.2, 0) is 35.0 Å². The fraction of sp³-hybridized carbons (Fsp3) is 0.389. The van der Waals surface area contributed by atoms with E-state index in [1.807, 2.05) is 19.1 Å². The zero-order valence-corrected chi connectivity index (χ0v) is 14.9. The van der Waals surface area contributed by atoms with Gasteiger partial charge in [-0.3, -0.25) is 4.79 Å². The Balaban J connectivity index is 2.18. The zero-order chi connectivity index (χ0) is 18.8. The van der Waals surface area contributed by atoms with Crippen molar-refractivity contribution in [2.24, 2.45) is 0 Å². The molecule has 0 saturated heterocycles. The van der Waals surface area contributed by atoms with Gasteiger partial charge in [0.15, 0.2) is 0 Å². The number of ether oxygens (including phenoxy) is 3. The maximum absolute atomic E-state index is 12.4. The van der Waals surface area contributed by atoms with Crippen LogP contribution in [0.3, 0.4) is 0 Å². The van der Waals surface area contributed by atoms with Gasteiger partial charge in [0.2, 0.25) is 5.91 Å². The Morgan fingerprint density at radius 3 is 2.58 bits per heavy atom. The fourth-order valence-electron chi connectivity index (χ4n) is 3.18. The molecule has 0 bridgehead atoms. The molecule has 0 fully saturated rings. The van der Waals surface area contributed by atoms with Crippen molar-refractivity contribution in [2.45, 2.75) is 19.8 Å². The first-order chi connectivity index (χ1) is 12.5. The van der Waals surface area contributed by atoms with Crippen molar-refractivity contribution in [3.05, 3.63) is 34.5 Å². The summed E-state index contributed by atoms with van der Waals surface area (Å²) in [4.78, 5) is 38.0. The number of aryl methyl sites for hydroxylation is 2. The van der Waals surface area contributed by atoms with Gasteiger partial charge in [0.05, 0.1) is 37.8 Å². The van der Waals surface area contributed by atoms with E-state index in [-0.39, 0.29) is 30.5 Å². The number of fused-ring (bicyclic) bond motifs is 1. The number of amides is 1. The van der Waals surface area contributed by atoms with E-state index in [4.69, 9.17) is 14.2 Å². The standard InChI is InChI=1S/C18H20N2O6/c1-10-6-11-4-5-14(21)19-15(11)13(7-10)20-9-26-8-12(17(22)24-2)16(20)18(23)25-3/h6-7H,4-5,8-9H2,1-3H3,(H,19,21). The van der Waals surface area contributed by atoms with Gasteiger partial charge < -0.3 is 24.4 Å². The average Bonchev–Trinajstić information content (AvgIpc) is 2.65. The summed E-state index contributed by atoms with van der Waals surface area (Å²) in [6.45, 7) is 1.90. The van der Waals surface area contributed by atoms with E-state index in [0.717, 1.165) is 11.1 Å². The van der Waals surface area contributed by atoms with Crippen LogP contribution < -0.4 is 10.2 Å². The fourth-order valence-corrected chi connectivity index (χ4v) is 3.18. The number of nitrogens with zero attached hydrogens (tertiary/aromatic N) is 1. The quantitative estimate of drug-likeness (QED) is 0.811. The van der Waals surface area contributed by atoms with E-state index in [0.29, 0.717) is 24.2 Å². The molecular formula is C18H20N2O6. The molecule has 2 aliphatic rings. The van der Waals surface area contributed by atoms with Crippen molar-refractivity contribution >= 4 is 29.2 Å². The first-order valence-electron chi connectivity index (χ1n) is 8.14. The molecule has 0 unspecified atom stereocenters. The van der Waals surface area contributed by atoms with Crippen LogP contribution in [0, 0.1) is 6.92 Å². The number of benzene rings is 1. The lowest BCUT2D eigenvalue weighted by Gasteiger charge is -2.34. The highest BCUT2D eigenvalue weighted by Crippen LogP contribution is 2.38. The highest BCUT2D eigenvalue weighted by Gasteiger charge is 2.34. The molecular weight excluding hydrogens is 340 g/mol. The summed E-state index contributed by atoms with van der Waals surface area (Å²) in [5.74, 6) is -1.44. The van der Waals surface area contributed by atoms with E-state index < -0.39 is 11.9 Å². The summed E-state index contributed by atoms with van der Waals surface area (Å²) in [5.41, 5.74) is 3.25. The van der Waals surface area contributed by atoms with Crippen molar-refractivity contribution in [3.63, 3.8) is 0 Å². The molecule has 2 aliphatic heterocycles. The van der Waals surface area contributed by atoms with E-state index in [1.165, 1.54) is 14.2 Å². The highest BCUT2D eigenvalue weighted by molar-refractivity contribution is 6.05. The number of esters is 2. The van der Waals surface area contributed by atoms with Crippen molar-refractivity contribution in [2.75, 3.05) is 37.8 Å². The Hall–Kier alpha value is -2.87. The van der Waals surface area contributed by atoms with Gasteiger partial charge >= 0.3 is 11.9 Å². The third kappa shape index (κ3) is 3.15. The molecule has 0 aliphatic carbocycles. The smallest absolute Gasteiger partial charge is 0.355 e. The predicted octanol–water partition coefficient (Wildman–Crippen LogP) is 1.27. The Morgan fingerprint density at radius 1 is 1.15 bits per heavy atom. The summed E-state index contributed by atoms with van der Waals surface area (Å²) >= 11 is 0. The molecule has 0 aromatic heterocycles. The zero-order valence-electron chi connectivity index (χ0n) is 14.9. The van der Waals surface area contributed by atoms with E-state index in [9.17, 15) is 14.4 Å². The van der Waals surface area contributed by atoms with Crippen LogP contribution in [0.2, 0.25) is 0 Å². The lowest BCUT2D eigenvalue weighted by atomic mass is 9.98. The van der Waals surface area contributed by atoms with Gasteiger partial charge in [0.1, 0.15) is 12.4 Å². The molecule has 0 saturated carbocycles. The average molecular weight is 360 g/mol. The van der Waals surface area contributed by atoms with Crippen LogP contribution in [0.1, 0.15) is 17.5 Å². The van der Waals surface area contributed by atoms with Gasteiger partial charge in [-0.25, -0.2) is 9.59 Å². The number of carbonyl (C=O) groups excluding carboxylic acids is 3. The summed E-state index contributed by atoms with van der Waals surface area (Å²) in [5, 5.41) is 2.86. The van der Waals surface area contributed by atoms with E-state index in [2.05, 4.69) is 5.32 Å². The summed E-state index contributed by atoms with van der Waals surface area (Å²) in [6, 6.07) is 3.82. The number of nitrogens with one attached hydrogen (secondary N) is 1. The molecule has 8 heteroatoms. The van der Waals surface area contributed by atoms with E-state index in [1.54, 1.807) is 4.90 Å². The maximum Gasteiger partial charge on any atom is 0.355 e. The van der Waals surface area contributed by atoms with Gasteiger partial charge in [0, 0.05) is 6.42 Å². The van der Waals surface area contributed by atoms with Crippen molar-refractivity contribution in [3.8, 4) is 0 Å². The highest BCUT2D eigenvalue weighted by atomic mass is 16.5. The number of carbonyl (C=O) groups is 3. The molecule has 1 amide bonds. The minimum atomic E-state index is -0.675. The Morgan fingerprint density at radius 2 is 1.88 bits per heavy atom. The molecule has 138 valence electrons. The predicted molar refractivity (Wildman–Crippen MR) is 92.5 cm³/mol. The minimum absolute atomic E-state index is 0.0384. The molecule has 0 atom stereocenters. The molecule has 8 nitrogen and oxygen atoms in total.